The van der Waals surface area contributed by atoms with Crippen molar-refractivity contribution >= 4 is 11.6 Å². The quantitative estimate of drug-likeness (QED) is 0.911. The van der Waals surface area contributed by atoms with Gasteiger partial charge in [0.1, 0.15) is 5.75 Å². The lowest BCUT2D eigenvalue weighted by molar-refractivity contribution is -0.137. The normalized spacial score (nSPS) is 11.1. The molecule has 22 heavy (non-hydrogen) atoms. The number of benzene rings is 2. The topological polar surface area (TPSA) is 38.3 Å². The van der Waals surface area contributed by atoms with E-state index in [9.17, 15) is 18.0 Å². The minimum atomic E-state index is -4.39. The Bertz CT molecular complexity index is 634. The van der Waals surface area contributed by atoms with E-state index in [1.165, 1.54) is 12.1 Å². The van der Waals surface area contributed by atoms with E-state index >= 15 is 0 Å². The van der Waals surface area contributed by atoms with Crippen LogP contribution in [-0.4, -0.2) is 12.5 Å². The molecule has 1 amide bonds. The summed E-state index contributed by atoms with van der Waals surface area (Å²) >= 11 is 0. The van der Waals surface area contributed by atoms with Gasteiger partial charge in [-0.1, -0.05) is 0 Å². The molecule has 3 nitrogen and oxygen atoms in total. The highest BCUT2D eigenvalue weighted by Crippen LogP contribution is 2.29. The standard InChI is InChI=1S/C16H14F3NO2/c1-2-22-14-9-3-11(4-10-14)15(21)20-13-7-5-12(6-8-13)16(17,18)19/h3-10H,2H2,1H3,(H,20,21). The van der Waals surface area contributed by atoms with E-state index in [1.807, 2.05) is 6.92 Å². The third kappa shape index (κ3) is 4.00. The summed E-state index contributed by atoms with van der Waals surface area (Å²) in [5, 5.41) is 2.54. The highest BCUT2D eigenvalue weighted by atomic mass is 19.4. The van der Waals surface area contributed by atoms with Gasteiger partial charge in [-0.15, -0.1) is 0 Å². The van der Waals surface area contributed by atoms with E-state index in [2.05, 4.69) is 5.32 Å². The van der Waals surface area contributed by atoms with Crippen molar-refractivity contribution < 1.29 is 22.7 Å². The molecule has 0 saturated carbocycles. The van der Waals surface area contributed by atoms with Crippen molar-refractivity contribution in [1.82, 2.24) is 0 Å². The van der Waals surface area contributed by atoms with Crippen LogP contribution in [0, 0.1) is 0 Å². The van der Waals surface area contributed by atoms with E-state index in [0.29, 0.717) is 23.6 Å². The number of hydrogen-bond donors (Lipinski definition) is 1. The van der Waals surface area contributed by atoms with Crippen molar-refractivity contribution in [3.05, 3.63) is 59.7 Å². The van der Waals surface area contributed by atoms with Crippen molar-refractivity contribution in [2.45, 2.75) is 13.1 Å². The van der Waals surface area contributed by atoms with Crippen molar-refractivity contribution in [1.29, 1.82) is 0 Å². The predicted octanol–water partition coefficient (Wildman–Crippen LogP) is 4.36. The summed E-state index contributed by atoms with van der Waals surface area (Å²) in [7, 11) is 0. The van der Waals surface area contributed by atoms with E-state index < -0.39 is 17.6 Å². The molecule has 0 aliphatic carbocycles. The lowest BCUT2D eigenvalue weighted by atomic mass is 10.1. The van der Waals surface area contributed by atoms with Crippen molar-refractivity contribution in [3.63, 3.8) is 0 Å². The number of alkyl halides is 3. The van der Waals surface area contributed by atoms with E-state index in [4.69, 9.17) is 4.74 Å². The van der Waals surface area contributed by atoms with Gasteiger partial charge in [0.25, 0.3) is 5.91 Å². The Labute approximate surface area is 125 Å². The zero-order valence-electron chi connectivity index (χ0n) is 11.8. The minimum absolute atomic E-state index is 0.298. The van der Waals surface area contributed by atoms with Gasteiger partial charge >= 0.3 is 6.18 Å². The number of hydrogen-bond acceptors (Lipinski definition) is 2. The van der Waals surface area contributed by atoms with Gasteiger partial charge in [0, 0.05) is 11.3 Å². The number of amides is 1. The van der Waals surface area contributed by atoms with E-state index in [1.54, 1.807) is 24.3 Å². The van der Waals surface area contributed by atoms with Gasteiger partial charge in [-0.05, 0) is 55.5 Å². The third-order valence-corrected chi connectivity index (χ3v) is 2.90. The van der Waals surface area contributed by atoms with Gasteiger partial charge in [0.2, 0.25) is 0 Å². The van der Waals surface area contributed by atoms with Crippen LogP contribution < -0.4 is 10.1 Å². The average molecular weight is 309 g/mol. The zero-order chi connectivity index (χ0) is 16.2. The lowest BCUT2D eigenvalue weighted by Crippen LogP contribution is -2.12. The van der Waals surface area contributed by atoms with Crippen LogP contribution in [0.3, 0.4) is 0 Å². The Kier molecular flexibility index (Phi) is 4.70. The Morgan fingerprint density at radius 2 is 1.64 bits per heavy atom. The first-order valence-electron chi connectivity index (χ1n) is 6.61. The van der Waals surface area contributed by atoms with Crippen LogP contribution in [0.1, 0.15) is 22.8 Å². The van der Waals surface area contributed by atoms with E-state index in [-0.39, 0.29) is 0 Å². The molecule has 116 valence electrons. The van der Waals surface area contributed by atoms with Gasteiger partial charge in [-0.2, -0.15) is 13.2 Å². The molecule has 2 aromatic rings. The SMILES string of the molecule is CCOc1ccc(C(=O)Nc2ccc(C(F)(F)F)cc2)cc1. The number of halogens is 3. The smallest absolute Gasteiger partial charge is 0.416 e. The van der Waals surface area contributed by atoms with Crippen molar-refractivity contribution in [3.8, 4) is 5.75 Å². The summed E-state index contributed by atoms with van der Waals surface area (Å²) in [6.45, 7) is 2.38. The molecule has 0 unspecified atom stereocenters. The van der Waals surface area contributed by atoms with Crippen molar-refractivity contribution in [2.75, 3.05) is 11.9 Å². The summed E-state index contributed by atoms with van der Waals surface area (Å²) in [6.07, 6.45) is -4.39. The third-order valence-electron chi connectivity index (χ3n) is 2.90. The molecule has 0 aliphatic heterocycles. The van der Waals surface area contributed by atoms with E-state index in [0.717, 1.165) is 12.1 Å². The molecule has 0 fully saturated rings. The molecule has 0 aromatic heterocycles. The van der Waals surface area contributed by atoms with Gasteiger partial charge < -0.3 is 10.1 Å². The summed E-state index contributed by atoms with van der Waals surface area (Å²) in [4.78, 5) is 12.0. The van der Waals surface area contributed by atoms with Crippen LogP contribution in [0.15, 0.2) is 48.5 Å². The molecular formula is C16H14F3NO2. The highest BCUT2D eigenvalue weighted by Gasteiger charge is 2.29. The molecule has 0 heterocycles. The second-order valence-electron chi connectivity index (χ2n) is 4.49. The number of nitrogens with one attached hydrogen (secondary N) is 1. The largest absolute Gasteiger partial charge is 0.494 e. The van der Waals surface area contributed by atoms with Crippen LogP contribution in [0.4, 0.5) is 18.9 Å². The second kappa shape index (κ2) is 6.51. The number of anilines is 1. The zero-order valence-corrected chi connectivity index (χ0v) is 11.8. The van der Waals surface area contributed by atoms with Crippen molar-refractivity contribution in [2.24, 2.45) is 0 Å². The molecule has 0 aliphatic rings. The fourth-order valence-corrected chi connectivity index (χ4v) is 1.82. The summed E-state index contributed by atoms with van der Waals surface area (Å²) in [5.74, 6) is 0.247. The molecular weight excluding hydrogens is 295 g/mol. The Hall–Kier alpha value is -2.50. The number of rotatable bonds is 4. The Morgan fingerprint density at radius 3 is 2.14 bits per heavy atom. The molecule has 0 atom stereocenters. The van der Waals surface area contributed by atoms with Gasteiger partial charge in [-0.25, -0.2) is 0 Å². The van der Waals surface area contributed by atoms with Crippen LogP contribution in [0.2, 0.25) is 0 Å². The second-order valence-corrected chi connectivity index (χ2v) is 4.49. The van der Waals surface area contributed by atoms with Gasteiger partial charge in [0.15, 0.2) is 0 Å². The molecule has 0 saturated heterocycles. The highest BCUT2D eigenvalue weighted by molar-refractivity contribution is 6.04. The molecule has 0 spiro atoms. The lowest BCUT2D eigenvalue weighted by Gasteiger charge is -2.09. The first-order chi connectivity index (χ1) is 10.4. The maximum Gasteiger partial charge on any atom is 0.416 e. The first-order valence-corrected chi connectivity index (χ1v) is 6.61. The summed E-state index contributed by atoms with van der Waals surface area (Å²) in [6, 6.07) is 10.8. The van der Waals surface area contributed by atoms with Crippen LogP contribution in [-0.2, 0) is 6.18 Å². The number of carbonyl (C=O) groups is 1. The predicted molar refractivity (Wildman–Crippen MR) is 77.0 cm³/mol. The van der Waals surface area contributed by atoms with Gasteiger partial charge in [-0.3, -0.25) is 4.79 Å². The molecule has 2 aromatic carbocycles. The fourth-order valence-electron chi connectivity index (χ4n) is 1.82. The van der Waals surface area contributed by atoms with Crippen LogP contribution in [0.5, 0.6) is 5.75 Å². The number of ether oxygens (including phenoxy) is 1. The molecule has 2 rings (SSSR count). The monoisotopic (exact) mass is 309 g/mol. The average Bonchev–Trinajstić information content (AvgIpc) is 2.48. The van der Waals surface area contributed by atoms with Crippen LogP contribution >= 0.6 is 0 Å². The van der Waals surface area contributed by atoms with Gasteiger partial charge in [0.05, 0.1) is 12.2 Å². The summed E-state index contributed by atoms with van der Waals surface area (Å²) < 4.78 is 42.6. The fraction of sp³-hybridized carbons (Fsp3) is 0.188. The first kappa shape index (κ1) is 15.9. The molecule has 1 N–H and O–H groups in total. The molecule has 0 bridgehead atoms. The van der Waals surface area contributed by atoms with Crippen LogP contribution in [0.25, 0.3) is 0 Å². The Balaban J connectivity index is 2.05. The maximum atomic E-state index is 12.4. The minimum Gasteiger partial charge on any atom is -0.494 e. The number of carbonyl (C=O) groups excluding carboxylic acids is 1. The molecule has 6 heteroatoms. The maximum absolute atomic E-state index is 12.4. The molecule has 0 radical (unpaired) electrons. The Morgan fingerprint density at radius 1 is 1.05 bits per heavy atom. The summed E-state index contributed by atoms with van der Waals surface area (Å²) in [5.41, 5.74) is -0.0678.